The van der Waals surface area contributed by atoms with Gasteiger partial charge in [-0.1, -0.05) is 39.3 Å². The number of carbonyl (C=O) groups excluding carboxylic acids is 2. The highest BCUT2D eigenvalue weighted by atomic mass is 16.5. The van der Waals surface area contributed by atoms with E-state index >= 15 is 0 Å². The Hall–Kier alpha value is -1.72. The third-order valence-corrected chi connectivity index (χ3v) is 7.30. The molecular weight excluding hydrogens is 376 g/mol. The first-order chi connectivity index (χ1) is 13.5. The van der Waals surface area contributed by atoms with Gasteiger partial charge < -0.3 is 16.2 Å². The van der Waals surface area contributed by atoms with Crippen LogP contribution in [0.1, 0.15) is 86.1 Å². The van der Waals surface area contributed by atoms with Gasteiger partial charge in [0, 0.05) is 23.4 Å². The van der Waals surface area contributed by atoms with Crippen LogP contribution in [0.25, 0.3) is 0 Å². The summed E-state index contributed by atoms with van der Waals surface area (Å²) < 4.78 is 5.80. The molecule has 3 atom stereocenters. The molecule has 0 heterocycles. The predicted molar refractivity (Wildman–Crippen MR) is 121 cm³/mol. The van der Waals surface area contributed by atoms with Crippen molar-refractivity contribution in [2.24, 2.45) is 28.2 Å². The molecule has 0 saturated heterocycles. The van der Waals surface area contributed by atoms with Gasteiger partial charge in [-0.05, 0) is 70.1 Å². The molecule has 0 bridgehead atoms. The van der Waals surface area contributed by atoms with E-state index in [-0.39, 0.29) is 17.6 Å². The predicted octanol–water partition coefficient (Wildman–Crippen LogP) is 4.57. The number of hydrogen-bond donors (Lipinski definition) is 2. The van der Waals surface area contributed by atoms with Crippen LogP contribution in [0, 0.1) is 16.7 Å². The zero-order valence-corrected chi connectivity index (χ0v) is 20.0. The molecule has 0 spiro atoms. The van der Waals surface area contributed by atoms with E-state index in [0.29, 0.717) is 18.6 Å². The van der Waals surface area contributed by atoms with Crippen molar-refractivity contribution in [3.8, 4) is 5.75 Å². The van der Waals surface area contributed by atoms with Crippen molar-refractivity contribution in [2.45, 2.75) is 91.6 Å². The first-order valence-corrected chi connectivity index (χ1v) is 11.0. The summed E-state index contributed by atoms with van der Waals surface area (Å²) in [6.45, 7) is 15.7. The number of carbonyl (C=O) groups is 2. The quantitative estimate of drug-likeness (QED) is 0.385. The summed E-state index contributed by atoms with van der Waals surface area (Å²) in [5, 5.41) is 0. The Morgan fingerprint density at radius 2 is 1.80 bits per heavy atom. The lowest BCUT2D eigenvalue weighted by Gasteiger charge is -2.38. The lowest BCUT2D eigenvalue weighted by Crippen LogP contribution is -2.47. The molecule has 0 radical (unpaired) electrons. The van der Waals surface area contributed by atoms with Crippen LogP contribution in [0.3, 0.4) is 0 Å². The minimum Gasteiger partial charge on any atom is -0.426 e. The minimum atomic E-state index is -1.16. The number of ether oxygens (including phenoxy) is 1. The Balaban J connectivity index is 2.34. The van der Waals surface area contributed by atoms with E-state index in [4.69, 9.17) is 16.2 Å². The third-order valence-electron chi connectivity index (χ3n) is 7.30. The molecule has 30 heavy (non-hydrogen) atoms. The number of ketones is 1. The molecule has 3 unspecified atom stereocenters. The Bertz CT molecular complexity index is 801. The molecule has 1 aromatic carbocycles. The molecular formula is C25H40N2O3. The number of Topliss-reactive ketones (excluding diaryl/α,β-unsaturated/α-hetero) is 1. The highest BCUT2D eigenvalue weighted by Gasteiger charge is 2.62. The zero-order chi connectivity index (χ0) is 23.1. The maximum absolute atomic E-state index is 13.2. The van der Waals surface area contributed by atoms with Gasteiger partial charge >= 0.3 is 5.97 Å². The van der Waals surface area contributed by atoms with Gasteiger partial charge in [-0.15, -0.1) is 0 Å². The second-order valence-electron chi connectivity index (χ2n) is 11.1. The Morgan fingerprint density at radius 3 is 2.27 bits per heavy atom. The van der Waals surface area contributed by atoms with Gasteiger partial charge in [0.2, 0.25) is 0 Å². The van der Waals surface area contributed by atoms with Crippen molar-refractivity contribution in [1.82, 2.24) is 0 Å². The molecule has 4 N–H and O–H groups in total. The second kappa shape index (κ2) is 8.08. The molecule has 0 aromatic heterocycles. The minimum absolute atomic E-state index is 0.0132. The van der Waals surface area contributed by atoms with Crippen LogP contribution in [-0.4, -0.2) is 22.8 Å². The lowest BCUT2D eigenvalue weighted by atomic mass is 9.65. The molecule has 1 aliphatic rings. The normalized spacial score (nSPS) is 25.3. The van der Waals surface area contributed by atoms with Crippen LogP contribution in [-0.2, 0) is 9.59 Å². The summed E-state index contributed by atoms with van der Waals surface area (Å²) in [4.78, 5) is 26.1. The average Bonchev–Trinajstić information content (AvgIpc) is 2.78. The second-order valence-corrected chi connectivity index (χ2v) is 11.1. The molecule has 0 amide bonds. The maximum Gasteiger partial charge on any atom is 0.325 e. The Labute approximate surface area is 181 Å². The van der Waals surface area contributed by atoms with Gasteiger partial charge in [-0.25, -0.2) is 0 Å². The van der Waals surface area contributed by atoms with E-state index in [1.807, 2.05) is 59.7 Å². The molecule has 2 rings (SSSR count). The fraction of sp³-hybridized carbons (Fsp3) is 0.680. The summed E-state index contributed by atoms with van der Waals surface area (Å²) in [5.74, 6) is 0.0786. The van der Waals surface area contributed by atoms with Crippen molar-refractivity contribution in [2.75, 3.05) is 0 Å². The third kappa shape index (κ3) is 4.62. The van der Waals surface area contributed by atoms with E-state index < -0.39 is 27.9 Å². The molecule has 1 aromatic rings. The standard InChI is InChI=1S/C25H40N2O3/c1-9-17-14-20(28)25(8,23(17,4)5)21(29)30-18-12-10-11-16(13-18)19(24(6,7)27)15-22(2,3)26/h10-13,17,19H,9,14-15,26-27H2,1-8H3. The average molecular weight is 417 g/mol. The van der Waals surface area contributed by atoms with Crippen LogP contribution < -0.4 is 16.2 Å². The first-order valence-electron chi connectivity index (χ1n) is 11.0. The summed E-state index contributed by atoms with van der Waals surface area (Å²) in [5.41, 5.74) is 11.2. The van der Waals surface area contributed by atoms with E-state index in [1.54, 1.807) is 13.0 Å². The topological polar surface area (TPSA) is 95.4 Å². The van der Waals surface area contributed by atoms with Crippen molar-refractivity contribution in [3.05, 3.63) is 29.8 Å². The smallest absolute Gasteiger partial charge is 0.325 e. The van der Waals surface area contributed by atoms with Crippen LogP contribution in [0.4, 0.5) is 0 Å². The van der Waals surface area contributed by atoms with Gasteiger partial charge in [0.1, 0.15) is 11.2 Å². The molecule has 0 aliphatic heterocycles. The fourth-order valence-corrected chi connectivity index (χ4v) is 4.82. The number of hydrogen-bond acceptors (Lipinski definition) is 5. The van der Waals surface area contributed by atoms with E-state index in [2.05, 4.69) is 6.92 Å². The monoisotopic (exact) mass is 416 g/mol. The van der Waals surface area contributed by atoms with Gasteiger partial charge in [-0.2, -0.15) is 0 Å². The van der Waals surface area contributed by atoms with Gasteiger partial charge in [0.15, 0.2) is 5.78 Å². The van der Waals surface area contributed by atoms with E-state index in [1.165, 1.54) is 0 Å². The molecule has 1 saturated carbocycles. The van der Waals surface area contributed by atoms with Crippen LogP contribution in [0.2, 0.25) is 0 Å². The van der Waals surface area contributed by atoms with Crippen LogP contribution in [0.15, 0.2) is 24.3 Å². The SMILES string of the molecule is CCC1CC(=O)C(C)(C(=O)Oc2cccc(C(CC(C)(C)N)C(C)(C)N)c2)C1(C)C. The van der Waals surface area contributed by atoms with Gasteiger partial charge in [-0.3, -0.25) is 9.59 Å². The fourth-order valence-electron chi connectivity index (χ4n) is 4.82. The highest BCUT2D eigenvalue weighted by Crippen LogP contribution is 2.55. The first kappa shape index (κ1) is 24.5. The summed E-state index contributed by atoms with van der Waals surface area (Å²) in [6, 6.07) is 7.46. The van der Waals surface area contributed by atoms with E-state index in [0.717, 1.165) is 12.0 Å². The summed E-state index contributed by atoms with van der Waals surface area (Å²) in [7, 11) is 0. The van der Waals surface area contributed by atoms with Crippen molar-refractivity contribution in [3.63, 3.8) is 0 Å². The van der Waals surface area contributed by atoms with Crippen LogP contribution >= 0.6 is 0 Å². The number of esters is 1. The Kier molecular flexibility index (Phi) is 6.61. The molecule has 1 fully saturated rings. The van der Waals surface area contributed by atoms with Gasteiger partial charge in [0.25, 0.3) is 0 Å². The van der Waals surface area contributed by atoms with E-state index in [9.17, 15) is 9.59 Å². The van der Waals surface area contributed by atoms with Crippen molar-refractivity contribution >= 4 is 11.8 Å². The molecule has 5 heteroatoms. The zero-order valence-electron chi connectivity index (χ0n) is 20.0. The van der Waals surface area contributed by atoms with Crippen molar-refractivity contribution in [1.29, 1.82) is 0 Å². The number of benzene rings is 1. The summed E-state index contributed by atoms with van der Waals surface area (Å²) in [6.07, 6.45) is 1.97. The Morgan fingerprint density at radius 1 is 1.20 bits per heavy atom. The lowest BCUT2D eigenvalue weighted by molar-refractivity contribution is -0.156. The van der Waals surface area contributed by atoms with Crippen molar-refractivity contribution < 1.29 is 14.3 Å². The summed E-state index contributed by atoms with van der Waals surface area (Å²) >= 11 is 0. The molecule has 1 aliphatic carbocycles. The van der Waals surface area contributed by atoms with Crippen LogP contribution in [0.5, 0.6) is 5.75 Å². The number of nitrogens with two attached hydrogens (primary N) is 2. The molecule has 5 nitrogen and oxygen atoms in total. The molecule has 168 valence electrons. The maximum atomic E-state index is 13.2. The largest absolute Gasteiger partial charge is 0.426 e. The highest BCUT2D eigenvalue weighted by molar-refractivity contribution is 6.06. The van der Waals surface area contributed by atoms with Gasteiger partial charge in [0.05, 0.1) is 0 Å². The number of rotatable bonds is 7.